The first-order chi connectivity index (χ1) is 11.7. The quantitative estimate of drug-likeness (QED) is 0.451. The molecule has 5 nitrogen and oxygen atoms in total. The number of ether oxygens (including phenoxy) is 2. The van der Waals surface area contributed by atoms with E-state index in [1.54, 1.807) is 7.11 Å². The van der Waals surface area contributed by atoms with Crippen molar-refractivity contribution in [1.82, 2.24) is 10.2 Å². The molecule has 1 aliphatic rings. The van der Waals surface area contributed by atoms with Gasteiger partial charge in [-0.2, -0.15) is 0 Å². The Hall–Kier alpha value is -1.75. The third kappa shape index (κ3) is 6.04. The maximum Gasteiger partial charge on any atom is 0.193 e. The molecule has 0 aliphatic carbocycles. The van der Waals surface area contributed by atoms with Gasteiger partial charge in [0.15, 0.2) is 5.96 Å². The van der Waals surface area contributed by atoms with Crippen molar-refractivity contribution in [2.75, 3.05) is 47.0 Å². The summed E-state index contributed by atoms with van der Waals surface area (Å²) >= 11 is 0. The van der Waals surface area contributed by atoms with E-state index in [1.165, 1.54) is 12.0 Å². The number of unbranched alkanes of at least 4 members (excludes halogenated alkanes) is 1. The standard InChI is InChI=1S/C19H31N3O2/c1-16-6-8-18(9-7-16)24-13-5-4-11-21-19(20-2)22-12-10-17(14-22)15-23-3/h6-9,17H,4-5,10-15H2,1-3H3,(H,20,21). The highest BCUT2D eigenvalue weighted by molar-refractivity contribution is 5.80. The molecule has 134 valence electrons. The van der Waals surface area contributed by atoms with Gasteiger partial charge in [0, 0.05) is 39.7 Å². The minimum atomic E-state index is 0.622. The lowest BCUT2D eigenvalue weighted by Gasteiger charge is -2.21. The van der Waals surface area contributed by atoms with E-state index < -0.39 is 0 Å². The fourth-order valence-electron chi connectivity index (χ4n) is 2.98. The second kappa shape index (κ2) is 10.2. The summed E-state index contributed by atoms with van der Waals surface area (Å²) in [5.41, 5.74) is 1.26. The highest BCUT2D eigenvalue weighted by Gasteiger charge is 2.24. The van der Waals surface area contributed by atoms with Crippen LogP contribution >= 0.6 is 0 Å². The maximum absolute atomic E-state index is 5.75. The van der Waals surface area contributed by atoms with Gasteiger partial charge in [-0.25, -0.2) is 0 Å². The van der Waals surface area contributed by atoms with Crippen LogP contribution in [-0.4, -0.2) is 57.9 Å². The predicted octanol–water partition coefficient (Wildman–Crippen LogP) is 2.70. The highest BCUT2D eigenvalue weighted by atomic mass is 16.5. The summed E-state index contributed by atoms with van der Waals surface area (Å²) in [6.45, 7) is 6.69. The van der Waals surface area contributed by atoms with Crippen molar-refractivity contribution in [1.29, 1.82) is 0 Å². The van der Waals surface area contributed by atoms with Gasteiger partial charge < -0.3 is 19.7 Å². The fourth-order valence-corrected chi connectivity index (χ4v) is 2.98. The van der Waals surface area contributed by atoms with Crippen LogP contribution in [0.3, 0.4) is 0 Å². The molecular weight excluding hydrogens is 302 g/mol. The van der Waals surface area contributed by atoms with Gasteiger partial charge in [-0.1, -0.05) is 17.7 Å². The highest BCUT2D eigenvalue weighted by Crippen LogP contribution is 2.16. The van der Waals surface area contributed by atoms with E-state index in [1.807, 2.05) is 19.2 Å². The molecule has 24 heavy (non-hydrogen) atoms. The molecular formula is C19H31N3O2. The molecule has 0 bridgehead atoms. The van der Waals surface area contributed by atoms with Crippen LogP contribution in [0.2, 0.25) is 0 Å². The molecule has 1 N–H and O–H groups in total. The van der Waals surface area contributed by atoms with E-state index in [-0.39, 0.29) is 0 Å². The van der Waals surface area contributed by atoms with Crippen molar-refractivity contribution >= 4 is 5.96 Å². The Morgan fingerprint density at radius 1 is 1.29 bits per heavy atom. The molecule has 1 aliphatic heterocycles. The third-order valence-electron chi connectivity index (χ3n) is 4.34. The van der Waals surface area contributed by atoms with Gasteiger partial charge in [-0.3, -0.25) is 4.99 Å². The number of likely N-dealkylation sites (tertiary alicyclic amines) is 1. The first-order valence-electron chi connectivity index (χ1n) is 8.87. The number of hydrogen-bond acceptors (Lipinski definition) is 3. The fraction of sp³-hybridized carbons (Fsp3) is 0.632. The van der Waals surface area contributed by atoms with E-state index in [4.69, 9.17) is 9.47 Å². The first-order valence-corrected chi connectivity index (χ1v) is 8.87. The third-order valence-corrected chi connectivity index (χ3v) is 4.34. The minimum absolute atomic E-state index is 0.622. The lowest BCUT2D eigenvalue weighted by Crippen LogP contribution is -2.40. The number of methoxy groups -OCH3 is 1. The van der Waals surface area contributed by atoms with Crippen molar-refractivity contribution in [3.63, 3.8) is 0 Å². The van der Waals surface area contributed by atoms with E-state index in [2.05, 4.69) is 34.3 Å². The summed E-state index contributed by atoms with van der Waals surface area (Å²) in [5.74, 6) is 2.58. The molecule has 0 saturated carbocycles. The number of rotatable bonds is 8. The van der Waals surface area contributed by atoms with Crippen LogP contribution in [0.15, 0.2) is 29.3 Å². The number of benzene rings is 1. The Labute approximate surface area is 146 Å². The molecule has 1 heterocycles. The molecule has 1 unspecified atom stereocenters. The Morgan fingerprint density at radius 2 is 2.08 bits per heavy atom. The molecule has 0 amide bonds. The van der Waals surface area contributed by atoms with Crippen LogP contribution in [0.4, 0.5) is 0 Å². The van der Waals surface area contributed by atoms with Gasteiger partial charge in [0.2, 0.25) is 0 Å². The van der Waals surface area contributed by atoms with Crippen molar-refractivity contribution in [3.05, 3.63) is 29.8 Å². The van der Waals surface area contributed by atoms with Crippen LogP contribution in [0.25, 0.3) is 0 Å². The van der Waals surface area contributed by atoms with Gasteiger partial charge in [-0.15, -0.1) is 0 Å². The van der Waals surface area contributed by atoms with Gasteiger partial charge in [0.1, 0.15) is 5.75 Å². The molecule has 1 fully saturated rings. The largest absolute Gasteiger partial charge is 0.494 e. The molecule has 0 radical (unpaired) electrons. The Kier molecular flexibility index (Phi) is 7.89. The smallest absolute Gasteiger partial charge is 0.193 e. The topological polar surface area (TPSA) is 46.1 Å². The maximum atomic E-state index is 5.75. The number of aliphatic imine (C=N–C) groups is 1. The first kappa shape index (κ1) is 18.6. The van der Waals surface area contributed by atoms with Crippen LogP contribution < -0.4 is 10.1 Å². The summed E-state index contributed by atoms with van der Waals surface area (Å²) in [6.07, 6.45) is 3.28. The van der Waals surface area contributed by atoms with Gasteiger partial charge in [0.25, 0.3) is 0 Å². The summed E-state index contributed by atoms with van der Waals surface area (Å²) < 4.78 is 11.0. The normalized spacial score (nSPS) is 18.0. The zero-order valence-electron chi connectivity index (χ0n) is 15.3. The SMILES string of the molecule is CN=C(NCCCCOc1ccc(C)cc1)N1CCC(COC)C1. The Balaban J connectivity index is 1.58. The van der Waals surface area contributed by atoms with Crippen molar-refractivity contribution in [2.45, 2.75) is 26.2 Å². The monoisotopic (exact) mass is 333 g/mol. The summed E-state index contributed by atoms with van der Waals surface area (Å²) in [5, 5.41) is 3.46. The zero-order chi connectivity index (χ0) is 17.2. The zero-order valence-corrected chi connectivity index (χ0v) is 15.3. The van der Waals surface area contributed by atoms with E-state index in [9.17, 15) is 0 Å². The molecule has 1 saturated heterocycles. The molecule has 5 heteroatoms. The average Bonchev–Trinajstić information content (AvgIpc) is 3.05. The molecule has 0 aromatic heterocycles. The molecule has 1 aromatic carbocycles. The second-order valence-electron chi connectivity index (χ2n) is 6.40. The molecule has 2 rings (SSSR count). The van der Waals surface area contributed by atoms with Crippen LogP contribution in [0, 0.1) is 12.8 Å². The number of hydrogen-bond donors (Lipinski definition) is 1. The summed E-state index contributed by atoms with van der Waals surface area (Å²) in [4.78, 5) is 6.72. The lowest BCUT2D eigenvalue weighted by molar-refractivity contribution is 0.157. The predicted molar refractivity (Wildman–Crippen MR) is 98.8 cm³/mol. The number of nitrogens with one attached hydrogen (secondary N) is 1. The average molecular weight is 333 g/mol. The lowest BCUT2D eigenvalue weighted by atomic mass is 10.1. The van der Waals surface area contributed by atoms with Gasteiger partial charge in [-0.05, 0) is 38.3 Å². The van der Waals surface area contributed by atoms with Gasteiger partial charge in [0.05, 0.1) is 13.2 Å². The van der Waals surface area contributed by atoms with Crippen LogP contribution in [-0.2, 0) is 4.74 Å². The van der Waals surface area contributed by atoms with E-state index >= 15 is 0 Å². The number of guanidine groups is 1. The van der Waals surface area contributed by atoms with Crippen LogP contribution in [0.1, 0.15) is 24.8 Å². The van der Waals surface area contributed by atoms with E-state index in [0.29, 0.717) is 5.92 Å². The molecule has 1 aromatic rings. The van der Waals surface area contributed by atoms with Crippen LogP contribution in [0.5, 0.6) is 5.75 Å². The Morgan fingerprint density at radius 3 is 2.79 bits per heavy atom. The molecule has 0 spiro atoms. The van der Waals surface area contributed by atoms with E-state index in [0.717, 1.165) is 57.4 Å². The molecule has 1 atom stereocenters. The van der Waals surface area contributed by atoms with Crippen molar-refractivity contribution < 1.29 is 9.47 Å². The van der Waals surface area contributed by atoms with Gasteiger partial charge >= 0.3 is 0 Å². The summed E-state index contributed by atoms with van der Waals surface area (Å²) in [6, 6.07) is 8.21. The number of nitrogens with zero attached hydrogens (tertiary/aromatic N) is 2. The minimum Gasteiger partial charge on any atom is -0.494 e. The second-order valence-corrected chi connectivity index (χ2v) is 6.40. The summed E-state index contributed by atoms with van der Waals surface area (Å²) in [7, 11) is 3.63. The Bertz CT molecular complexity index is 502. The van der Waals surface area contributed by atoms with Crippen molar-refractivity contribution in [2.24, 2.45) is 10.9 Å². The van der Waals surface area contributed by atoms with Crippen molar-refractivity contribution in [3.8, 4) is 5.75 Å². The number of aryl methyl sites for hydroxylation is 1.